The minimum absolute atomic E-state index is 0.0301. The Kier molecular flexibility index (Phi) is 8.38. The maximum atomic E-state index is 12.7. The van der Waals surface area contributed by atoms with Gasteiger partial charge in [-0.15, -0.1) is 10.2 Å². The van der Waals surface area contributed by atoms with Crippen molar-refractivity contribution >= 4 is 50.1 Å². The van der Waals surface area contributed by atoms with Gasteiger partial charge in [0.15, 0.2) is 22.5 Å². The number of para-hydroxylation sites is 1. The van der Waals surface area contributed by atoms with Gasteiger partial charge in [-0.3, -0.25) is 4.68 Å². The van der Waals surface area contributed by atoms with Crippen molar-refractivity contribution in [2.75, 3.05) is 37.5 Å². The highest BCUT2D eigenvalue weighted by atomic mass is 32.1. The second-order valence-corrected chi connectivity index (χ2v) is 17.4. The van der Waals surface area contributed by atoms with Gasteiger partial charge in [-0.05, 0) is 112 Å². The van der Waals surface area contributed by atoms with E-state index in [-0.39, 0.29) is 27.5 Å². The number of aryl methyl sites for hydroxylation is 1. The summed E-state index contributed by atoms with van der Waals surface area (Å²) in [6, 6.07) is 13.5. The summed E-state index contributed by atoms with van der Waals surface area (Å²) in [5.41, 5.74) is 4.49. The normalized spacial score (nSPS) is 26.3. The number of hydrogen-bond donors (Lipinski definition) is 3. The molecule has 5 aromatic rings. The lowest BCUT2D eigenvalue weighted by atomic mass is 9.39. The second kappa shape index (κ2) is 12.6. The first-order valence-electron chi connectivity index (χ1n) is 18.1. The largest absolute Gasteiger partial charge is 0.476 e. The number of hydrogen-bond acceptors (Lipinski definition) is 11. The van der Waals surface area contributed by atoms with E-state index in [0.717, 1.165) is 84.0 Å². The molecule has 0 radical (unpaired) electrons. The van der Waals surface area contributed by atoms with Gasteiger partial charge in [0.2, 0.25) is 0 Å². The van der Waals surface area contributed by atoms with Gasteiger partial charge in [-0.1, -0.05) is 37.3 Å². The van der Waals surface area contributed by atoms with Crippen molar-refractivity contribution in [1.29, 1.82) is 0 Å². The Labute approximate surface area is 308 Å². The fourth-order valence-electron chi connectivity index (χ4n) is 10.6. The first-order valence-corrected chi connectivity index (χ1v) is 18.9. The van der Waals surface area contributed by atoms with Crippen LogP contribution in [0.15, 0.2) is 48.7 Å². The second-order valence-electron chi connectivity index (χ2n) is 16.4. The van der Waals surface area contributed by atoms with Crippen LogP contribution in [0.2, 0.25) is 0 Å². The number of pyridine rings is 1. The molecule has 1 aromatic carbocycles. The number of aromatic nitrogens is 6. The van der Waals surface area contributed by atoms with Crippen molar-refractivity contribution in [3.05, 3.63) is 65.6 Å². The SMILES string of the molecule is CNCCOC12CC3(C)CC(C)(CC(Cn4ncc(-c5ccc(N(C)c6cc(C)c(Nc7nc8ccccc8s7)nn6)nc5C(=O)O)c4C)(C3)C1)C2. The number of fused-ring (bicyclic) bond motifs is 1. The summed E-state index contributed by atoms with van der Waals surface area (Å²) in [6.07, 6.45) is 8.64. The number of carboxylic acid groups (broad SMARTS) is 1. The Morgan fingerprint density at radius 2 is 1.75 bits per heavy atom. The van der Waals surface area contributed by atoms with Crippen LogP contribution in [0.4, 0.5) is 22.6 Å². The van der Waals surface area contributed by atoms with Crippen LogP contribution in [0.3, 0.4) is 0 Å². The van der Waals surface area contributed by atoms with Crippen LogP contribution in [0.25, 0.3) is 21.3 Å². The Morgan fingerprint density at radius 1 is 0.981 bits per heavy atom. The van der Waals surface area contributed by atoms with E-state index in [9.17, 15) is 9.90 Å². The highest BCUT2D eigenvalue weighted by molar-refractivity contribution is 7.22. The smallest absolute Gasteiger partial charge is 0.355 e. The quantitative estimate of drug-likeness (QED) is 0.110. The molecule has 13 heteroatoms. The molecule has 3 N–H and O–H groups in total. The zero-order valence-electron chi connectivity index (χ0n) is 30.8. The fraction of sp³-hybridized carbons (Fsp3) is 0.487. The zero-order valence-corrected chi connectivity index (χ0v) is 31.6. The first kappa shape index (κ1) is 34.6. The molecule has 4 bridgehead atoms. The summed E-state index contributed by atoms with van der Waals surface area (Å²) in [4.78, 5) is 23.7. The molecule has 2 atom stereocenters. The Morgan fingerprint density at radius 3 is 2.46 bits per heavy atom. The van der Waals surface area contributed by atoms with Gasteiger partial charge in [0.25, 0.3) is 0 Å². The monoisotopic (exact) mass is 721 g/mol. The Hall–Kier alpha value is -4.46. The third-order valence-electron chi connectivity index (χ3n) is 11.6. The minimum atomic E-state index is -1.10. The number of carbonyl (C=O) groups is 1. The van der Waals surface area contributed by atoms with Crippen LogP contribution in [0.1, 0.15) is 74.1 Å². The number of ether oxygens (including phenoxy) is 1. The number of nitrogens with one attached hydrogen (secondary N) is 2. The van der Waals surface area contributed by atoms with E-state index in [1.807, 2.05) is 70.4 Å². The number of likely N-dealkylation sites (N-methyl/N-ethyl adjacent to an activating group) is 1. The lowest BCUT2D eigenvalue weighted by Crippen LogP contribution is -2.64. The third kappa shape index (κ3) is 6.22. The van der Waals surface area contributed by atoms with Crippen molar-refractivity contribution in [3.63, 3.8) is 0 Å². The summed E-state index contributed by atoms with van der Waals surface area (Å²) >= 11 is 1.55. The highest BCUT2D eigenvalue weighted by Gasteiger charge is 2.66. The average molecular weight is 722 g/mol. The molecule has 4 aliphatic carbocycles. The highest BCUT2D eigenvalue weighted by Crippen LogP contribution is 2.72. The summed E-state index contributed by atoms with van der Waals surface area (Å²) in [7, 11) is 3.78. The molecule has 52 heavy (non-hydrogen) atoms. The van der Waals surface area contributed by atoms with Crippen molar-refractivity contribution in [1.82, 2.24) is 35.3 Å². The third-order valence-corrected chi connectivity index (χ3v) is 12.5. The Balaban J connectivity index is 1.03. The predicted octanol–water partition coefficient (Wildman–Crippen LogP) is 7.53. The van der Waals surface area contributed by atoms with E-state index < -0.39 is 5.97 Å². The number of anilines is 4. The zero-order chi connectivity index (χ0) is 36.5. The molecule has 4 aromatic heterocycles. The van der Waals surface area contributed by atoms with Gasteiger partial charge in [-0.2, -0.15) is 5.10 Å². The number of rotatable bonds is 12. The molecular formula is C39H47N9O3S. The van der Waals surface area contributed by atoms with Crippen molar-refractivity contribution < 1.29 is 14.6 Å². The predicted molar refractivity (Wildman–Crippen MR) is 204 cm³/mol. The molecule has 0 amide bonds. The summed E-state index contributed by atoms with van der Waals surface area (Å²) < 4.78 is 9.94. The lowest BCUT2D eigenvalue weighted by molar-refractivity contribution is -0.247. The molecule has 2 unspecified atom stereocenters. The molecule has 0 spiro atoms. The first-order chi connectivity index (χ1) is 24.8. The number of nitrogens with zero attached hydrogens (tertiary/aromatic N) is 7. The molecular weight excluding hydrogens is 675 g/mol. The minimum Gasteiger partial charge on any atom is -0.476 e. The maximum absolute atomic E-state index is 12.7. The maximum Gasteiger partial charge on any atom is 0.355 e. The van der Waals surface area contributed by atoms with Crippen LogP contribution in [0.5, 0.6) is 0 Å². The molecule has 12 nitrogen and oxygen atoms in total. The standard InChI is InChI=1S/C39H47N9O3S/c1-24-15-31(45-46-33(24)44-35-42-28-9-7-8-10-29(28)52-35)47(6)30-12-11-26(32(43-30)34(49)50)27-16-41-48(25(27)2)23-38-18-36(3)17-37(4,19-38)21-39(20-36,22-38)51-14-13-40-5/h7-12,15-16,40H,13-14,17-23H2,1-6H3,(H,49,50)(H,42,44,46). The molecule has 0 saturated heterocycles. The lowest BCUT2D eigenvalue weighted by Gasteiger charge is -2.69. The summed E-state index contributed by atoms with van der Waals surface area (Å²) in [5, 5.41) is 31.4. The molecule has 9 rings (SSSR count). The van der Waals surface area contributed by atoms with E-state index in [0.29, 0.717) is 23.0 Å². The van der Waals surface area contributed by atoms with Crippen molar-refractivity contribution in [3.8, 4) is 11.1 Å². The van der Waals surface area contributed by atoms with E-state index in [1.54, 1.807) is 22.4 Å². The van der Waals surface area contributed by atoms with Gasteiger partial charge in [0.05, 0.1) is 28.6 Å². The van der Waals surface area contributed by atoms with Crippen LogP contribution in [-0.4, -0.2) is 73.9 Å². The van der Waals surface area contributed by atoms with Gasteiger partial charge in [0.1, 0.15) is 5.82 Å². The average Bonchev–Trinajstić information content (AvgIpc) is 3.65. The summed E-state index contributed by atoms with van der Waals surface area (Å²) in [6.45, 7) is 11.3. The number of aromatic carboxylic acids is 1. The van der Waals surface area contributed by atoms with Crippen LogP contribution < -0.4 is 15.5 Å². The molecule has 4 heterocycles. The van der Waals surface area contributed by atoms with E-state index in [4.69, 9.17) is 9.84 Å². The Bertz CT molecular complexity index is 2130. The molecule has 272 valence electrons. The van der Waals surface area contributed by atoms with Crippen LogP contribution in [0, 0.1) is 30.1 Å². The fourth-order valence-corrected chi connectivity index (χ4v) is 11.5. The van der Waals surface area contributed by atoms with E-state index >= 15 is 0 Å². The molecule has 4 aliphatic rings. The molecule has 0 aliphatic heterocycles. The summed E-state index contributed by atoms with van der Waals surface area (Å²) in [5.74, 6) is 0.494. The molecule has 4 fully saturated rings. The van der Waals surface area contributed by atoms with Crippen molar-refractivity contribution in [2.45, 2.75) is 78.4 Å². The van der Waals surface area contributed by atoms with Crippen LogP contribution >= 0.6 is 11.3 Å². The van der Waals surface area contributed by atoms with Gasteiger partial charge < -0.3 is 25.4 Å². The van der Waals surface area contributed by atoms with E-state index in [2.05, 4.69) is 49.3 Å². The van der Waals surface area contributed by atoms with Crippen molar-refractivity contribution in [2.24, 2.45) is 16.2 Å². The van der Waals surface area contributed by atoms with E-state index in [1.165, 1.54) is 6.42 Å². The number of benzene rings is 1. The van der Waals surface area contributed by atoms with Gasteiger partial charge in [0, 0.05) is 37.0 Å². The van der Waals surface area contributed by atoms with Gasteiger partial charge >= 0.3 is 5.97 Å². The topological polar surface area (TPSA) is 143 Å². The van der Waals surface area contributed by atoms with Crippen LogP contribution in [-0.2, 0) is 11.3 Å². The number of thiazole rings is 1. The number of carboxylic acids is 1. The molecule has 4 saturated carbocycles. The van der Waals surface area contributed by atoms with Gasteiger partial charge in [-0.25, -0.2) is 14.8 Å².